The zero-order valence-electron chi connectivity index (χ0n) is 18.3. The molecule has 0 N–H and O–H groups in total. The van der Waals surface area contributed by atoms with Crippen LogP contribution in [0.4, 0.5) is 0 Å². The highest BCUT2D eigenvalue weighted by molar-refractivity contribution is 6.90. The van der Waals surface area contributed by atoms with Crippen molar-refractivity contribution in [2.75, 3.05) is 0 Å². The molecule has 0 aromatic carbocycles. The van der Waals surface area contributed by atoms with Crippen LogP contribution in [-0.4, -0.2) is 45.5 Å². The van der Waals surface area contributed by atoms with Crippen LogP contribution in [0.1, 0.15) is 47.0 Å². The van der Waals surface area contributed by atoms with Gasteiger partial charge in [0.05, 0.1) is 11.7 Å². The Balaban J connectivity index is 1.86. The standard InChI is InChI=1S/C19H40BNO2Si2/c1-11-16(21(24(5,6)7)25(8,9)10)20-22-17-15-12-14(18(15,2)3)13-19(17,4)23-20/h14-17H,11-13H2,1-10H3/t14-,15?,16+,17+,19-/m0/s1. The maximum Gasteiger partial charge on any atom is 0.474 e. The molecule has 0 spiro atoms. The van der Waals surface area contributed by atoms with Gasteiger partial charge in [0.25, 0.3) is 0 Å². The van der Waals surface area contributed by atoms with E-state index in [4.69, 9.17) is 9.31 Å². The Morgan fingerprint density at radius 3 is 2.08 bits per heavy atom. The van der Waals surface area contributed by atoms with Crippen LogP contribution in [0, 0.1) is 17.3 Å². The maximum atomic E-state index is 6.76. The second kappa shape index (κ2) is 5.94. The molecule has 3 saturated carbocycles. The Bertz CT molecular complexity index is 516. The van der Waals surface area contributed by atoms with Crippen LogP contribution in [0.3, 0.4) is 0 Å². The Kier molecular flexibility index (Phi) is 4.78. The molecular weight excluding hydrogens is 341 g/mol. The molecule has 4 fully saturated rings. The average molecular weight is 382 g/mol. The Labute approximate surface area is 158 Å². The number of hydrogen-bond donors (Lipinski definition) is 0. The molecule has 0 aromatic heterocycles. The summed E-state index contributed by atoms with van der Waals surface area (Å²) in [5.74, 6) is 1.89. The van der Waals surface area contributed by atoms with Gasteiger partial charge >= 0.3 is 7.12 Å². The van der Waals surface area contributed by atoms with Crippen LogP contribution < -0.4 is 0 Å². The van der Waals surface area contributed by atoms with Crippen LogP contribution in [0.25, 0.3) is 0 Å². The minimum atomic E-state index is -1.45. The summed E-state index contributed by atoms with van der Waals surface area (Å²) in [6.45, 7) is 24.4. The first kappa shape index (κ1) is 20.1. The molecule has 6 heteroatoms. The van der Waals surface area contributed by atoms with Crippen LogP contribution in [0.15, 0.2) is 0 Å². The fourth-order valence-corrected chi connectivity index (χ4v) is 17.1. The predicted octanol–water partition coefficient (Wildman–Crippen LogP) is 5.00. The Morgan fingerprint density at radius 1 is 1.08 bits per heavy atom. The van der Waals surface area contributed by atoms with Crippen molar-refractivity contribution >= 4 is 23.6 Å². The van der Waals surface area contributed by atoms with Crippen molar-refractivity contribution in [2.45, 2.75) is 104 Å². The largest absolute Gasteiger partial charge is 0.474 e. The van der Waals surface area contributed by atoms with Crippen LogP contribution in [-0.2, 0) is 9.31 Å². The van der Waals surface area contributed by atoms with Crippen molar-refractivity contribution in [2.24, 2.45) is 17.3 Å². The fourth-order valence-electron chi connectivity index (χ4n) is 6.41. The van der Waals surface area contributed by atoms with Crippen molar-refractivity contribution in [3.05, 3.63) is 0 Å². The molecule has 0 amide bonds. The van der Waals surface area contributed by atoms with Crippen LogP contribution >= 0.6 is 0 Å². The summed E-state index contributed by atoms with van der Waals surface area (Å²) in [7, 11) is -2.94. The van der Waals surface area contributed by atoms with Crippen molar-refractivity contribution in [1.29, 1.82) is 0 Å². The molecule has 144 valence electrons. The van der Waals surface area contributed by atoms with Gasteiger partial charge in [-0.05, 0) is 43.4 Å². The molecule has 1 aliphatic heterocycles. The lowest BCUT2D eigenvalue weighted by atomic mass is 9.45. The first-order valence-electron chi connectivity index (χ1n) is 10.3. The molecule has 1 unspecified atom stereocenters. The lowest BCUT2D eigenvalue weighted by Crippen LogP contribution is -2.67. The summed E-state index contributed by atoms with van der Waals surface area (Å²) in [5, 5.41) is 0. The predicted molar refractivity (Wildman–Crippen MR) is 113 cm³/mol. The van der Waals surface area contributed by atoms with Crippen LogP contribution in [0.5, 0.6) is 0 Å². The lowest BCUT2D eigenvalue weighted by Gasteiger charge is -2.63. The van der Waals surface area contributed by atoms with Gasteiger partial charge in [0.15, 0.2) is 0 Å². The van der Waals surface area contributed by atoms with Gasteiger partial charge in [-0.1, -0.05) is 60.1 Å². The second-order valence-corrected chi connectivity index (χ2v) is 21.7. The molecule has 0 radical (unpaired) electrons. The lowest BCUT2D eigenvalue weighted by molar-refractivity contribution is -0.185. The van der Waals surface area contributed by atoms with E-state index in [1.165, 1.54) is 12.8 Å². The SMILES string of the molecule is CC[C@H](B1O[C@@H]2C3C[C@@H](C[C@]2(C)O1)C3(C)C)N([Si](C)(C)C)[Si](C)(C)C. The highest BCUT2D eigenvalue weighted by atomic mass is 28.4. The first-order valence-corrected chi connectivity index (χ1v) is 17.2. The minimum Gasteiger partial charge on any atom is -0.404 e. The monoisotopic (exact) mass is 381 g/mol. The molecular formula is C19H40BNO2Si2. The van der Waals surface area contributed by atoms with E-state index >= 15 is 0 Å². The van der Waals surface area contributed by atoms with E-state index in [1.807, 2.05) is 0 Å². The third kappa shape index (κ3) is 3.14. The van der Waals surface area contributed by atoms with E-state index in [2.05, 4.69) is 71.2 Å². The zero-order valence-corrected chi connectivity index (χ0v) is 20.3. The summed E-state index contributed by atoms with van der Waals surface area (Å²) in [4.78, 5) is 0. The van der Waals surface area contributed by atoms with Crippen molar-refractivity contribution in [3.8, 4) is 0 Å². The van der Waals surface area contributed by atoms with E-state index in [0.29, 0.717) is 17.3 Å². The topological polar surface area (TPSA) is 21.7 Å². The highest BCUT2D eigenvalue weighted by Gasteiger charge is 2.67. The van der Waals surface area contributed by atoms with Gasteiger partial charge in [-0.15, -0.1) is 0 Å². The molecule has 4 aliphatic rings. The normalized spacial score (nSPS) is 38.5. The molecule has 25 heavy (non-hydrogen) atoms. The van der Waals surface area contributed by atoms with E-state index in [1.54, 1.807) is 0 Å². The first-order chi connectivity index (χ1) is 11.2. The molecule has 4 rings (SSSR count). The number of rotatable bonds is 5. The van der Waals surface area contributed by atoms with Crippen molar-refractivity contribution < 1.29 is 9.31 Å². The summed E-state index contributed by atoms with van der Waals surface area (Å²) < 4.78 is 16.4. The van der Waals surface area contributed by atoms with Crippen LogP contribution in [0.2, 0.25) is 39.3 Å². The number of hydrogen-bond acceptors (Lipinski definition) is 3. The molecule has 3 aliphatic carbocycles. The Morgan fingerprint density at radius 2 is 1.64 bits per heavy atom. The zero-order chi connectivity index (χ0) is 19.0. The Hall–Kier alpha value is 0.379. The van der Waals surface area contributed by atoms with E-state index in [9.17, 15) is 0 Å². The highest BCUT2D eigenvalue weighted by Crippen LogP contribution is 2.64. The smallest absolute Gasteiger partial charge is 0.404 e. The third-order valence-corrected chi connectivity index (χ3v) is 14.9. The molecule has 5 atom stereocenters. The van der Waals surface area contributed by atoms with Gasteiger partial charge < -0.3 is 13.5 Å². The molecule has 1 heterocycles. The molecule has 0 aromatic rings. The van der Waals surface area contributed by atoms with Crippen molar-refractivity contribution in [3.63, 3.8) is 0 Å². The van der Waals surface area contributed by atoms with Gasteiger partial charge in [-0.2, -0.15) is 0 Å². The minimum absolute atomic E-state index is 0.0476. The molecule has 2 bridgehead atoms. The van der Waals surface area contributed by atoms with Gasteiger partial charge in [0, 0.05) is 5.94 Å². The van der Waals surface area contributed by atoms with Gasteiger partial charge in [-0.3, -0.25) is 0 Å². The van der Waals surface area contributed by atoms with Gasteiger partial charge in [0.2, 0.25) is 0 Å². The summed E-state index contributed by atoms with van der Waals surface area (Å²) in [5.41, 5.74) is 0.368. The molecule has 1 saturated heterocycles. The maximum absolute atomic E-state index is 6.76. The third-order valence-electron chi connectivity index (χ3n) is 7.34. The molecule has 3 nitrogen and oxygen atoms in total. The summed E-state index contributed by atoms with van der Waals surface area (Å²) >= 11 is 0. The summed E-state index contributed by atoms with van der Waals surface area (Å²) in [6, 6.07) is 0. The number of nitrogens with zero attached hydrogens (tertiary/aromatic N) is 1. The van der Waals surface area contributed by atoms with E-state index < -0.39 is 16.5 Å². The average Bonchev–Trinajstić information content (AvgIpc) is 2.78. The summed E-state index contributed by atoms with van der Waals surface area (Å²) in [6.07, 6.45) is 3.91. The van der Waals surface area contributed by atoms with E-state index in [0.717, 1.165) is 12.3 Å². The van der Waals surface area contributed by atoms with Gasteiger partial charge in [0.1, 0.15) is 16.5 Å². The van der Waals surface area contributed by atoms with E-state index in [-0.39, 0.29) is 18.8 Å². The second-order valence-electron chi connectivity index (χ2n) is 11.6. The fraction of sp³-hybridized carbons (Fsp3) is 1.00. The van der Waals surface area contributed by atoms with Gasteiger partial charge in [-0.25, -0.2) is 0 Å². The quantitative estimate of drug-likeness (QED) is 0.625. The van der Waals surface area contributed by atoms with Crippen molar-refractivity contribution in [1.82, 2.24) is 4.23 Å².